The van der Waals surface area contributed by atoms with Crippen LogP contribution in [-0.2, 0) is 9.53 Å². The van der Waals surface area contributed by atoms with E-state index in [1.807, 2.05) is 12.1 Å². The summed E-state index contributed by atoms with van der Waals surface area (Å²) in [6.45, 7) is 5.33. The quantitative estimate of drug-likeness (QED) is 0.387. The van der Waals surface area contributed by atoms with Crippen LogP contribution < -0.4 is 15.8 Å². The van der Waals surface area contributed by atoms with Crippen molar-refractivity contribution in [3.63, 3.8) is 0 Å². The molecule has 0 saturated heterocycles. The fraction of sp³-hybridized carbons (Fsp3) is 0.300. The van der Waals surface area contributed by atoms with Gasteiger partial charge < -0.3 is 9.64 Å². The lowest BCUT2D eigenvalue weighted by molar-refractivity contribution is -0.125. The first-order chi connectivity index (χ1) is 14.0. The van der Waals surface area contributed by atoms with Crippen molar-refractivity contribution in [3.05, 3.63) is 53.7 Å². The summed E-state index contributed by atoms with van der Waals surface area (Å²) in [5, 5.41) is 0.513. The number of nitrogens with zero attached hydrogens (tertiary/aromatic N) is 2. The zero-order chi connectivity index (χ0) is 21.2. The minimum atomic E-state index is -0.657. The van der Waals surface area contributed by atoms with Gasteiger partial charge in [-0.1, -0.05) is 0 Å². The van der Waals surface area contributed by atoms with Crippen molar-refractivity contribution in [3.8, 4) is 0 Å². The van der Waals surface area contributed by atoms with Gasteiger partial charge in [-0.05, 0) is 56.5 Å². The number of nitrogens with one attached hydrogen (secondary N) is 2. The molecular weight excluding hydrogens is 392 g/mol. The van der Waals surface area contributed by atoms with Crippen LogP contribution in [0.4, 0.5) is 5.69 Å². The van der Waals surface area contributed by atoms with Crippen molar-refractivity contribution in [2.24, 2.45) is 0 Å². The summed E-state index contributed by atoms with van der Waals surface area (Å²) in [7, 11) is 0. The summed E-state index contributed by atoms with van der Waals surface area (Å²) in [4.78, 5) is 42.3. The van der Waals surface area contributed by atoms with Crippen LogP contribution in [0.15, 0.2) is 47.6 Å². The van der Waals surface area contributed by atoms with Gasteiger partial charge in [-0.3, -0.25) is 20.4 Å². The Morgan fingerprint density at radius 1 is 1.07 bits per heavy atom. The molecule has 0 unspecified atom stereocenters. The van der Waals surface area contributed by atoms with Crippen LogP contribution in [0, 0.1) is 0 Å². The smallest absolute Gasteiger partial charge is 0.341 e. The van der Waals surface area contributed by atoms with Gasteiger partial charge in [0, 0.05) is 30.5 Å². The second kappa shape index (κ2) is 11.1. The maximum absolute atomic E-state index is 12.2. The average Bonchev–Trinajstić information content (AvgIpc) is 2.77. The molecule has 0 aliphatic heterocycles. The number of benzene rings is 1. The molecule has 0 atom stereocenters. The monoisotopic (exact) mass is 416 g/mol. The second-order valence-corrected chi connectivity index (χ2v) is 6.65. The van der Waals surface area contributed by atoms with Crippen molar-refractivity contribution < 1.29 is 19.1 Å². The number of thioether (sulfide) groups is 1. The Bertz CT molecular complexity index is 854. The van der Waals surface area contributed by atoms with Gasteiger partial charge in [-0.15, -0.1) is 11.8 Å². The van der Waals surface area contributed by atoms with Crippen LogP contribution in [0.1, 0.15) is 34.6 Å². The molecule has 0 bridgehead atoms. The second-order valence-electron chi connectivity index (χ2n) is 5.86. The Balaban J connectivity index is 1.82. The first kappa shape index (κ1) is 22.2. The van der Waals surface area contributed by atoms with Crippen molar-refractivity contribution in [2.45, 2.75) is 18.9 Å². The molecule has 0 aliphatic carbocycles. The number of pyridine rings is 1. The third-order valence-corrected chi connectivity index (χ3v) is 4.80. The maximum atomic E-state index is 12.2. The van der Waals surface area contributed by atoms with E-state index in [0.717, 1.165) is 18.8 Å². The molecule has 8 nitrogen and oxygen atoms in total. The van der Waals surface area contributed by atoms with E-state index in [2.05, 4.69) is 34.6 Å². The first-order valence-corrected chi connectivity index (χ1v) is 10.3. The molecule has 1 aromatic heterocycles. The molecule has 0 radical (unpaired) electrons. The Labute approximate surface area is 174 Å². The summed E-state index contributed by atoms with van der Waals surface area (Å²) in [5.41, 5.74) is 6.23. The summed E-state index contributed by atoms with van der Waals surface area (Å²) >= 11 is 1.30. The largest absolute Gasteiger partial charge is 0.452 e. The fourth-order valence-corrected chi connectivity index (χ4v) is 3.10. The van der Waals surface area contributed by atoms with E-state index < -0.39 is 24.4 Å². The number of carbonyl (C=O) groups is 3. The van der Waals surface area contributed by atoms with Gasteiger partial charge in [-0.25, -0.2) is 9.78 Å². The predicted octanol–water partition coefficient (Wildman–Crippen LogP) is 2.27. The number of hydrogen-bond donors (Lipinski definition) is 2. The average molecular weight is 417 g/mol. The molecular formula is C20H24N4O4S. The standard InChI is InChI=1S/C20H24N4O4S/c1-4-24(5-2)15-10-8-14(9-11-15)18(26)23-22-17(25)13-28-20(27)16-7-6-12-21-19(16)29-3/h6-12H,4-5,13H2,1-3H3,(H,22,25)(H,23,26). The summed E-state index contributed by atoms with van der Waals surface area (Å²) in [6.07, 6.45) is 3.36. The van der Waals surface area contributed by atoms with E-state index in [0.29, 0.717) is 10.6 Å². The van der Waals surface area contributed by atoms with E-state index in [9.17, 15) is 14.4 Å². The molecule has 0 spiro atoms. The predicted molar refractivity (Wildman–Crippen MR) is 112 cm³/mol. The fourth-order valence-electron chi connectivity index (χ4n) is 2.56. The number of ether oxygens (including phenoxy) is 1. The third kappa shape index (κ3) is 6.21. The lowest BCUT2D eigenvalue weighted by Gasteiger charge is -2.21. The van der Waals surface area contributed by atoms with Gasteiger partial charge in [0.2, 0.25) is 0 Å². The molecule has 29 heavy (non-hydrogen) atoms. The third-order valence-electron chi connectivity index (χ3n) is 4.09. The number of hydrogen-bond acceptors (Lipinski definition) is 7. The van der Waals surface area contributed by atoms with Crippen molar-refractivity contribution in [1.82, 2.24) is 15.8 Å². The van der Waals surface area contributed by atoms with E-state index in [-0.39, 0.29) is 5.56 Å². The number of esters is 1. The SMILES string of the molecule is CCN(CC)c1ccc(C(=O)NNC(=O)COC(=O)c2cccnc2SC)cc1. The van der Waals surface area contributed by atoms with Crippen LogP contribution in [0.5, 0.6) is 0 Å². The highest BCUT2D eigenvalue weighted by molar-refractivity contribution is 7.98. The minimum Gasteiger partial charge on any atom is -0.452 e. The Morgan fingerprint density at radius 2 is 1.76 bits per heavy atom. The highest BCUT2D eigenvalue weighted by Gasteiger charge is 2.15. The lowest BCUT2D eigenvalue weighted by Crippen LogP contribution is -2.43. The van der Waals surface area contributed by atoms with E-state index in [4.69, 9.17) is 4.74 Å². The molecule has 9 heteroatoms. The van der Waals surface area contributed by atoms with Crippen molar-refractivity contribution >= 4 is 35.2 Å². The van der Waals surface area contributed by atoms with Gasteiger partial charge in [0.15, 0.2) is 6.61 Å². The highest BCUT2D eigenvalue weighted by Crippen LogP contribution is 2.17. The Kier molecular flexibility index (Phi) is 8.47. The molecule has 2 rings (SSSR count). The van der Waals surface area contributed by atoms with E-state index >= 15 is 0 Å². The lowest BCUT2D eigenvalue weighted by atomic mass is 10.2. The molecule has 0 saturated carbocycles. The van der Waals surface area contributed by atoms with Crippen molar-refractivity contribution in [2.75, 3.05) is 30.9 Å². The van der Waals surface area contributed by atoms with E-state index in [1.165, 1.54) is 11.8 Å². The van der Waals surface area contributed by atoms with Crippen LogP contribution >= 0.6 is 11.8 Å². The molecule has 1 aromatic carbocycles. The summed E-state index contributed by atoms with van der Waals surface area (Å²) in [6, 6.07) is 10.2. The van der Waals surface area contributed by atoms with Crippen molar-refractivity contribution in [1.29, 1.82) is 0 Å². The first-order valence-electron chi connectivity index (χ1n) is 9.10. The molecule has 2 N–H and O–H groups in total. The highest BCUT2D eigenvalue weighted by atomic mass is 32.2. The topological polar surface area (TPSA) is 101 Å². The van der Waals surface area contributed by atoms with Crippen LogP contribution in [0.25, 0.3) is 0 Å². The molecule has 1 heterocycles. The number of hydrazine groups is 1. The van der Waals surface area contributed by atoms with Gasteiger partial charge in [0.1, 0.15) is 5.03 Å². The Hall–Kier alpha value is -3.07. The van der Waals surface area contributed by atoms with Gasteiger partial charge >= 0.3 is 5.97 Å². The maximum Gasteiger partial charge on any atom is 0.341 e. The minimum absolute atomic E-state index is 0.283. The normalized spacial score (nSPS) is 10.2. The zero-order valence-corrected chi connectivity index (χ0v) is 17.4. The van der Waals surface area contributed by atoms with Crippen LogP contribution in [0.3, 0.4) is 0 Å². The van der Waals surface area contributed by atoms with Gasteiger partial charge in [-0.2, -0.15) is 0 Å². The number of anilines is 1. The molecule has 0 aliphatic rings. The summed E-state index contributed by atoms with van der Waals surface area (Å²) < 4.78 is 4.98. The zero-order valence-electron chi connectivity index (χ0n) is 16.6. The summed E-state index contributed by atoms with van der Waals surface area (Å²) in [5.74, 6) is -1.77. The van der Waals surface area contributed by atoms with Crippen LogP contribution in [0.2, 0.25) is 0 Å². The van der Waals surface area contributed by atoms with Gasteiger partial charge in [0.25, 0.3) is 11.8 Å². The van der Waals surface area contributed by atoms with Crippen LogP contribution in [-0.4, -0.2) is 48.7 Å². The Morgan fingerprint density at radius 3 is 2.38 bits per heavy atom. The number of carbonyl (C=O) groups excluding carboxylic acids is 3. The number of rotatable bonds is 8. The molecule has 2 aromatic rings. The van der Waals surface area contributed by atoms with E-state index in [1.54, 1.807) is 36.7 Å². The number of aromatic nitrogens is 1. The number of amides is 2. The van der Waals surface area contributed by atoms with Gasteiger partial charge in [0.05, 0.1) is 5.56 Å². The molecule has 0 fully saturated rings. The molecule has 2 amide bonds. The molecule has 154 valence electrons.